The molecule has 4 heteroatoms. The second-order valence-corrected chi connectivity index (χ2v) is 3.95. The molecule has 0 radical (unpaired) electrons. The number of likely N-dealkylation sites (tertiary alicyclic amines) is 1. The fraction of sp³-hybridized carbons (Fsp3) is 0.900. The van der Waals surface area contributed by atoms with Gasteiger partial charge in [0.25, 0.3) is 0 Å². The summed E-state index contributed by atoms with van der Waals surface area (Å²) in [6, 6.07) is 0.119. The van der Waals surface area contributed by atoms with Gasteiger partial charge in [-0.05, 0) is 26.2 Å². The lowest BCUT2D eigenvalue weighted by Gasteiger charge is -2.30. The van der Waals surface area contributed by atoms with E-state index in [4.69, 9.17) is 10.5 Å². The third-order valence-corrected chi connectivity index (χ3v) is 2.59. The average Bonchev–Trinajstić information content (AvgIpc) is 2.17. The zero-order valence-corrected chi connectivity index (χ0v) is 9.03. The number of hydrogen-bond acceptors (Lipinski definition) is 3. The maximum atomic E-state index is 11.6. The normalized spacial score (nSPS) is 24.5. The fourth-order valence-corrected chi connectivity index (χ4v) is 1.51. The molecule has 1 rings (SSSR count). The highest BCUT2D eigenvalue weighted by Crippen LogP contribution is 2.10. The molecule has 2 atom stereocenters. The van der Waals surface area contributed by atoms with Gasteiger partial charge in [-0.2, -0.15) is 0 Å². The van der Waals surface area contributed by atoms with Crippen LogP contribution in [0.25, 0.3) is 0 Å². The number of piperidine rings is 1. The van der Waals surface area contributed by atoms with Crippen LogP contribution in [0.4, 0.5) is 4.79 Å². The number of carbonyl (C=O) groups is 1. The molecule has 0 bridgehead atoms. The van der Waals surface area contributed by atoms with Crippen LogP contribution in [-0.2, 0) is 4.74 Å². The van der Waals surface area contributed by atoms with E-state index in [0.29, 0.717) is 6.54 Å². The first-order chi connectivity index (χ1) is 6.63. The number of rotatable bonds is 2. The Labute approximate surface area is 85.4 Å². The highest BCUT2D eigenvalue weighted by atomic mass is 16.6. The van der Waals surface area contributed by atoms with Gasteiger partial charge in [0, 0.05) is 19.1 Å². The maximum Gasteiger partial charge on any atom is 0.410 e. The first-order valence-electron chi connectivity index (χ1n) is 5.34. The summed E-state index contributed by atoms with van der Waals surface area (Å²) in [4.78, 5) is 13.3. The molecule has 4 nitrogen and oxygen atoms in total. The molecule has 0 saturated carbocycles. The van der Waals surface area contributed by atoms with E-state index in [-0.39, 0.29) is 18.2 Å². The molecule has 1 unspecified atom stereocenters. The minimum Gasteiger partial charge on any atom is -0.446 e. The minimum absolute atomic E-state index is 0.000603. The van der Waals surface area contributed by atoms with E-state index in [2.05, 4.69) is 0 Å². The number of hydrogen-bond donors (Lipinski definition) is 1. The van der Waals surface area contributed by atoms with Crippen LogP contribution in [0.5, 0.6) is 0 Å². The predicted molar refractivity (Wildman–Crippen MR) is 55.0 cm³/mol. The van der Waals surface area contributed by atoms with Gasteiger partial charge in [0.05, 0.1) is 0 Å². The molecule has 1 heterocycles. The lowest BCUT2D eigenvalue weighted by molar-refractivity contribution is 0.0608. The van der Waals surface area contributed by atoms with Gasteiger partial charge < -0.3 is 15.4 Å². The van der Waals surface area contributed by atoms with Crippen molar-refractivity contribution in [1.29, 1.82) is 0 Å². The van der Waals surface area contributed by atoms with E-state index in [1.807, 2.05) is 13.8 Å². The van der Waals surface area contributed by atoms with Crippen molar-refractivity contribution in [3.05, 3.63) is 0 Å². The first-order valence-corrected chi connectivity index (χ1v) is 5.34. The summed E-state index contributed by atoms with van der Waals surface area (Å²) in [7, 11) is 0. The summed E-state index contributed by atoms with van der Waals surface area (Å²) >= 11 is 0. The largest absolute Gasteiger partial charge is 0.446 e. The summed E-state index contributed by atoms with van der Waals surface area (Å²) in [6.07, 6.45) is 2.63. The molecule has 1 aliphatic rings. The van der Waals surface area contributed by atoms with Gasteiger partial charge in [-0.3, -0.25) is 0 Å². The van der Waals surface area contributed by atoms with Crippen molar-refractivity contribution in [1.82, 2.24) is 4.90 Å². The molecule has 0 aliphatic carbocycles. The van der Waals surface area contributed by atoms with E-state index in [1.165, 1.54) is 0 Å². The summed E-state index contributed by atoms with van der Waals surface area (Å²) in [6.45, 7) is 5.32. The van der Waals surface area contributed by atoms with Gasteiger partial charge in [-0.1, -0.05) is 6.92 Å². The summed E-state index contributed by atoms with van der Waals surface area (Å²) < 4.78 is 5.22. The van der Waals surface area contributed by atoms with Crippen molar-refractivity contribution in [2.24, 2.45) is 5.73 Å². The van der Waals surface area contributed by atoms with Crippen LogP contribution in [0.2, 0.25) is 0 Å². The predicted octanol–water partition coefficient (Wildman–Crippen LogP) is 1.34. The van der Waals surface area contributed by atoms with Crippen molar-refractivity contribution in [3.63, 3.8) is 0 Å². The fourth-order valence-electron chi connectivity index (χ4n) is 1.51. The molecule has 82 valence electrons. The van der Waals surface area contributed by atoms with Crippen molar-refractivity contribution in [3.8, 4) is 0 Å². The third kappa shape index (κ3) is 3.18. The molecule has 0 aromatic heterocycles. The number of nitrogens with two attached hydrogens (primary N) is 1. The molecule has 2 N–H and O–H groups in total. The lowest BCUT2D eigenvalue weighted by atomic mass is 10.1. The Morgan fingerprint density at radius 2 is 2.43 bits per heavy atom. The Morgan fingerprint density at radius 1 is 1.71 bits per heavy atom. The molecule has 1 fully saturated rings. The second kappa shape index (κ2) is 5.20. The van der Waals surface area contributed by atoms with E-state index in [9.17, 15) is 4.79 Å². The van der Waals surface area contributed by atoms with Gasteiger partial charge in [0.2, 0.25) is 0 Å². The second-order valence-electron chi connectivity index (χ2n) is 3.95. The zero-order valence-electron chi connectivity index (χ0n) is 9.03. The molecule has 1 saturated heterocycles. The van der Waals surface area contributed by atoms with Crippen LogP contribution >= 0.6 is 0 Å². The Balaban J connectivity index is 2.36. The Kier molecular flexibility index (Phi) is 4.20. The topological polar surface area (TPSA) is 55.6 Å². The van der Waals surface area contributed by atoms with E-state index in [1.54, 1.807) is 4.90 Å². The van der Waals surface area contributed by atoms with Crippen LogP contribution in [0.1, 0.15) is 33.1 Å². The standard InChI is InChI=1S/C10H20N2O2/c1-3-8(2)14-10(13)12-6-4-5-9(11)7-12/h8-9H,3-7,11H2,1-2H3/t8?,9-/m0/s1. The molecule has 14 heavy (non-hydrogen) atoms. The Hall–Kier alpha value is -0.770. The zero-order chi connectivity index (χ0) is 10.6. The number of nitrogens with zero attached hydrogens (tertiary/aromatic N) is 1. The lowest BCUT2D eigenvalue weighted by Crippen LogP contribution is -2.46. The van der Waals surface area contributed by atoms with Gasteiger partial charge in [-0.25, -0.2) is 4.79 Å². The van der Waals surface area contributed by atoms with Crippen molar-refractivity contribution in [2.45, 2.75) is 45.3 Å². The number of ether oxygens (including phenoxy) is 1. The third-order valence-electron chi connectivity index (χ3n) is 2.59. The average molecular weight is 200 g/mol. The van der Waals surface area contributed by atoms with Crippen LogP contribution in [0.15, 0.2) is 0 Å². The molecular formula is C10H20N2O2. The Bertz CT molecular complexity index is 197. The van der Waals surface area contributed by atoms with Crippen LogP contribution in [0, 0.1) is 0 Å². The van der Waals surface area contributed by atoms with E-state index >= 15 is 0 Å². The smallest absolute Gasteiger partial charge is 0.410 e. The Morgan fingerprint density at radius 3 is 3.00 bits per heavy atom. The molecule has 0 aromatic carbocycles. The van der Waals surface area contributed by atoms with Gasteiger partial charge in [-0.15, -0.1) is 0 Å². The molecule has 0 aromatic rings. The number of amides is 1. The number of carbonyl (C=O) groups excluding carboxylic acids is 1. The van der Waals surface area contributed by atoms with Gasteiger partial charge in [0.1, 0.15) is 6.10 Å². The summed E-state index contributed by atoms with van der Waals surface area (Å²) in [5.74, 6) is 0. The molecule has 1 amide bonds. The highest BCUT2D eigenvalue weighted by Gasteiger charge is 2.23. The summed E-state index contributed by atoms with van der Waals surface area (Å²) in [5.41, 5.74) is 5.78. The van der Waals surface area contributed by atoms with Gasteiger partial charge in [0.15, 0.2) is 0 Å². The van der Waals surface area contributed by atoms with Gasteiger partial charge >= 0.3 is 6.09 Å². The van der Waals surface area contributed by atoms with Crippen molar-refractivity contribution in [2.75, 3.05) is 13.1 Å². The molecule has 0 spiro atoms. The van der Waals surface area contributed by atoms with Crippen LogP contribution < -0.4 is 5.73 Å². The van der Waals surface area contributed by atoms with Crippen molar-refractivity contribution >= 4 is 6.09 Å². The monoisotopic (exact) mass is 200 g/mol. The SMILES string of the molecule is CCC(C)OC(=O)N1CCC[C@H](N)C1. The van der Waals surface area contributed by atoms with Crippen LogP contribution in [-0.4, -0.2) is 36.2 Å². The quantitative estimate of drug-likeness (QED) is 0.732. The van der Waals surface area contributed by atoms with E-state index in [0.717, 1.165) is 25.8 Å². The summed E-state index contributed by atoms with van der Waals surface area (Å²) in [5, 5.41) is 0. The highest BCUT2D eigenvalue weighted by molar-refractivity contribution is 5.68. The minimum atomic E-state index is -0.213. The maximum absolute atomic E-state index is 11.6. The van der Waals surface area contributed by atoms with Crippen LogP contribution in [0.3, 0.4) is 0 Å². The molecule has 1 aliphatic heterocycles. The molecular weight excluding hydrogens is 180 g/mol. The van der Waals surface area contributed by atoms with E-state index < -0.39 is 0 Å². The first kappa shape index (κ1) is 11.3. The van der Waals surface area contributed by atoms with Crippen molar-refractivity contribution < 1.29 is 9.53 Å².